The molecule has 0 aliphatic carbocycles. The van der Waals surface area contributed by atoms with Gasteiger partial charge in [-0.15, -0.1) is 0 Å². The molecule has 2 amide bonds. The Morgan fingerprint density at radius 2 is 0.926 bits per heavy atom. The molecule has 274 valence electrons. The Morgan fingerprint density at radius 1 is 0.574 bits per heavy atom. The molecule has 4 aromatic carbocycles. The van der Waals surface area contributed by atoms with Crippen LogP contribution in [0.4, 0.5) is 22.7 Å². The van der Waals surface area contributed by atoms with Gasteiger partial charge in [-0.25, -0.2) is 16.8 Å². The minimum atomic E-state index is -5.46. The normalized spacial score (nSPS) is 16.1. The Bertz CT molecular complexity index is 2430. The van der Waals surface area contributed by atoms with Crippen molar-refractivity contribution >= 4 is 89.6 Å². The number of nitrogens with zero attached hydrogens (tertiary/aromatic N) is 6. The third-order valence-electron chi connectivity index (χ3n) is 7.41. The average molecular weight is 771 g/mol. The molecule has 0 spiro atoms. The van der Waals surface area contributed by atoms with Crippen molar-refractivity contribution < 1.29 is 55.3 Å². The number of carboxylic acid groups (broad SMARTS) is 2. The zero-order valence-corrected chi connectivity index (χ0v) is 28.3. The predicted octanol–water partition coefficient (Wildman–Crippen LogP) is -0.997. The minimum absolute atomic E-state index is 0.186. The molecule has 54 heavy (non-hydrogen) atoms. The van der Waals surface area contributed by atoms with Crippen LogP contribution in [-0.2, 0) is 39.4 Å². The van der Waals surface area contributed by atoms with Crippen LogP contribution >= 0.6 is 0 Å². The number of amides is 2. The first-order valence-corrected chi connectivity index (χ1v) is 17.6. The smallest absolute Gasteiger partial charge is 0.301 e. The van der Waals surface area contributed by atoms with E-state index in [1.165, 1.54) is 24.3 Å². The number of rotatable bonds is 11. The van der Waals surface area contributed by atoms with Crippen molar-refractivity contribution in [1.82, 2.24) is 0 Å². The second kappa shape index (κ2) is 14.1. The number of hydrazone groups is 4. The molecule has 0 fully saturated rings. The quantitative estimate of drug-likeness (QED) is 0.137. The highest BCUT2D eigenvalue weighted by atomic mass is 32.2. The zero-order chi connectivity index (χ0) is 38.9. The first-order chi connectivity index (χ1) is 25.5. The van der Waals surface area contributed by atoms with Crippen molar-refractivity contribution in [1.29, 1.82) is 0 Å². The first-order valence-electron chi connectivity index (χ1n) is 14.8. The van der Waals surface area contributed by atoms with Gasteiger partial charge in [0, 0.05) is 11.1 Å². The number of para-hydroxylation sites is 2. The number of carbonyl (C=O) groups is 4. The number of nitrogens with one attached hydrogen (secondary N) is 2. The van der Waals surface area contributed by atoms with Gasteiger partial charge in [-0.3, -0.25) is 20.4 Å². The van der Waals surface area contributed by atoms with Crippen LogP contribution < -0.4 is 31.1 Å². The number of benzene rings is 4. The van der Waals surface area contributed by atoms with Gasteiger partial charge >= 0.3 is 11.8 Å². The van der Waals surface area contributed by atoms with Gasteiger partial charge in [0.15, 0.2) is 11.4 Å². The third kappa shape index (κ3) is 7.28. The number of aliphatic carboxylic acids is 2. The molecule has 2 aliphatic rings. The third-order valence-corrected chi connectivity index (χ3v) is 9.17. The average Bonchev–Trinajstić information content (AvgIpc) is 3.65. The van der Waals surface area contributed by atoms with Crippen LogP contribution in [0.2, 0.25) is 0 Å². The Morgan fingerprint density at radius 3 is 1.24 bits per heavy atom. The lowest BCUT2D eigenvalue weighted by Crippen LogP contribution is -2.38. The van der Waals surface area contributed by atoms with Crippen molar-refractivity contribution in [2.75, 3.05) is 20.9 Å². The van der Waals surface area contributed by atoms with Crippen LogP contribution in [0.3, 0.4) is 0 Å². The van der Waals surface area contributed by atoms with E-state index in [-0.39, 0.29) is 22.7 Å². The van der Waals surface area contributed by atoms with E-state index in [0.717, 1.165) is 34.3 Å². The molecule has 22 heteroatoms. The van der Waals surface area contributed by atoms with Crippen LogP contribution in [0.5, 0.6) is 0 Å². The van der Waals surface area contributed by atoms with Gasteiger partial charge < -0.3 is 28.9 Å². The summed E-state index contributed by atoms with van der Waals surface area (Å²) in [6.45, 7) is 0. The highest BCUT2D eigenvalue weighted by molar-refractivity contribution is 7.86. The molecule has 2 N–H and O–H groups in total. The first kappa shape index (κ1) is 36.6. The summed E-state index contributed by atoms with van der Waals surface area (Å²) in [7, 11) is -10.9. The summed E-state index contributed by atoms with van der Waals surface area (Å²) in [6, 6.07) is 20.7. The Hall–Kier alpha value is -7.14. The van der Waals surface area contributed by atoms with Gasteiger partial charge in [0.2, 0.25) is 0 Å². The molecule has 4 aromatic rings. The number of anilines is 4. The van der Waals surface area contributed by atoms with E-state index >= 15 is 0 Å². The lowest BCUT2D eigenvalue weighted by atomic mass is 10.0. The van der Waals surface area contributed by atoms with Gasteiger partial charge in [-0.05, 0) is 48.5 Å². The van der Waals surface area contributed by atoms with E-state index in [9.17, 15) is 55.3 Å². The Kier molecular flexibility index (Phi) is 9.58. The van der Waals surface area contributed by atoms with E-state index in [1.54, 1.807) is 36.4 Å². The van der Waals surface area contributed by atoms with Gasteiger partial charge in [0.1, 0.15) is 31.7 Å². The summed E-state index contributed by atoms with van der Waals surface area (Å²) >= 11 is 0. The molecule has 2 heterocycles. The standard InChI is InChI=1S/C32H22N8O12S2/c41-29-25(27(31(43)44)37-39(29)19-7-3-1-4-8-19)35-33-17-11-13-21(23(15-17)53(47,48)49)22-14-12-18(16-24(22)54(50,51)52)34-36-26-28(32(45)46)38-40(30(26)42)20-9-5-2-6-10-20/h1-16,33-34H,(H,43,44)(H,45,46)(H,47,48,49)(H,50,51,52)/p-4. The number of hydrogen-bond donors (Lipinski definition) is 2. The molecule has 0 unspecified atom stereocenters. The fourth-order valence-electron chi connectivity index (χ4n) is 5.04. The molecular weight excluding hydrogens is 753 g/mol. The van der Waals surface area contributed by atoms with Crippen molar-refractivity contribution in [2.45, 2.75) is 9.79 Å². The molecule has 20 nitrogen and oxygen atoms in total. The van der Waals surface area contributed by atoms with Crippen LogP contribution in [0.25, 0.3) is 11.1 Å². The number of carbonyl (C=O) groups excluding carboxylic acids is 4. The summed E-state index contributed by atoms with van der Waals surface area (Å²) in [5.74, 6) is -5.74. The van der Waals surface area contributed by atoms with E-state index in [4.69, 9.17) is 0 Å². The molecule has 2 aliphatic heterocycles. The summed E-state index contributed by atoms with van der Waals surface area (Å²) in [6.07, 6.45) is 0. The lowest BCUT2D eigenvalue weighted by Gasteiger charge is -2.19. The van der Waals surface area contributed by atoms with Gasteiger partial charge in [-0.2, -0.15) is 30.4 Å². The van der Waals surface area contributed by atoms with Gasteiger partial charge in [-0.1, -0.05) is 48.5 Å². The molecule has 6 rings (SSSR count). The molecule has 0 saturated carbocycles. The summed E-state index contributed by atoms with van der Waals surface area (Å²) in [4.78, 5) is 47.2. The van der Waals surface area contributed by atoms with E-state index in [2.05, 4.69) is 31.3 Å². The van der Waals surface area contributed by atoms with Crippen molar-refractivity contribution in [2.24, 2.45) is 20.4 Å². The van der Waals surface area contributed by atoms with Gasteiger partial charge in [0.25, 0.3) is 0 Å². The highest BCUT2D eigenvalue weighted by Gasteiger charge is 2.35. The molecule has 0 saturated heterocycles. The fourth-order valence-corrected chi connectivity index (χ4v) is 6.47. The maximum atomic E-state index is 13.0. The maximum Gasteiger partial charge on any atom is 0.301 e. The Labute approximate surface area is 303 Å². The highest BCUT2D eigenvalue weighted by Crippen LogP contribution is 2.36. The predicted molar refractivity (Wildman–Crippen MR) is 183 cm³/mol. The van der Waals surface area contributed by atoms with Crippen LogP contribution in [-0.4, -0.2) is 72.5 Å². The molecule has 0 radical (unpaired) electrons. The topological polar surface area (TPSA) is 309 Å². The number of hydrogen-bond acceptors (Lipinski definition) is 18. The zero-order valence-electron chi connectivity index (χ0n) is 26.6. The molecule has 0 bridgehead atoms. The van der Waals surface area contributed by atoms with Crippen molar-refractivity contribution in [3.05, 3.63) is 97.1 Å². The van der Waals surface area contributed by atoms with Crippen LogP contribution in [0.1, 0.15) is 0 Å². The van der Waals surface area contributed by atoms with Crippen molar-refractivity contribution in [3.63, 3.8) is 0 Å². The second-order valence-corrected chi connectivity index (χ2v) is 13.5. The van der Waals surface area contributed by atoms with E-state index in [1.807, 2.05) is 0 Å². The second-order valence-electron chi connectivity index (χ2n) is 10.9. The van der Waals surface area contributed by atoms with Crippen molar-refractivity contribution in [3.8, 4) is 11.1 Å². The minimum Gasteiger partial charge on any atom is -0.744 e. The lowest BCUT2D eigenvalue weighted by molar-refractivity contribution is -0.295. The largest absolute Gasteiger partial charge is 0.744 e. The van der Waals surface area contributed by atoms with Crippen LogP contribution in [0.15, 0.2) is 127 Å². The molecular formula is C32H18N8O12S2-4. The van der Waals surface area contributed by atoms with E-state index in [0.29, 0.717) is 12.1 Å². The fraction of sp³-hybridized carbons (Fsp3) is 0. The monoisotopic (exact) mass is 770 g/mol. The van der Waals surface area contributed by atoms with Crippen LogP contribution in [0, 0.1) is 0 Å². The van der Waals surface area contributed by atoms with E-state index < -0.39 is 87.8 Å². The number of carboxylic acids is 2. The Balaban J connectivity index is 1.33. The summed E-state index contributed by atoms with van der Waals surface area (Å²) in [5, 5.41) is 39.8. The maximum absolute atomic E-state index is 13.0. The SMILES string of the molecule is O=C([O-])C1=NN(c2ccccc2)C(=O)C1=NNc1ccc(-c2ccc(NN=C3C(=O)N(c4ccccc4)N=C3C(=O)[O-])cc2S(=O)(=O)[O-])c(S(=O)(=O)[O-])c1. The summed E-state index contributed by atoms with van der Waals surface area (Å²) in [5.41, 5.74) is -0.0882. The summed E-state index contributed by atoms with van der Waals surface area (Å²) < 4.78 is 74.5. The molecule has 0 atom stereocenters. The van der Waals surface area contributed by atoms with Gasteiger partial charge in [0.05, 0.1) is 44.5 Å². The molecule has 0 aromatic heterocycles.